The van der Waals surface area contributed by atoms with E-state index in [-0.39, 0.29) is 11.9 Å². The van der Waals surface area contributed by atoms with Gasteiger partial charge in [0.05, 0.1) is 4.47 Å². The zero-order valence-corrected chi connectivity index (χ0v) is 13.3. The molecule has 20 heavy (non-hydrogen) atoms. The molecule has 0 radical (unpaired) electrons. The summed E-state index contributed by atoms with van der Waals surface area (Å²) >= 11 is 3.42. The highest BCUT2D eigenvalue weighted by Crippen LogP contribution is 2.17. The number of hydrogen-bond acceptors (Lipinski definition) is 4. The van der Waals surface area contributed by atoms with Gasteiger partial charge in [-0.2, -0.15) is 4.98 Å². The molecule has 0 aliphatic rings. The van der Waals surface area contributed by atoms with Crippen LogP contribution in [-0.4, -0.2) is 33.1 Å². The quantitative estimate of drug-likeness (QED) is 0.874. The minimum atomic E-state index is -0.384. The number of aromatic nitrogens is 3. The number of rotatable bonds is 5. The predicted octanol–water partition coefficient (Wildman–Crippen LogP) is 2.06. The van der Waals surface area contributed by atoms with Crippen LogP contribution in [0.5, 0.6) is 0 Å². The Bertz CT molecular complexity index is 610. The second-order valence-electron chi connectivity index (χ2n) is 5.06. The van der Waals surface area contributed by atoms with E-state index in [2.05, 4.69) is 50.5 Å². The van der Waals surface area contributed by atoms with Gasteiger partial charge in [-0.1, -0.05) is 13.8 Å². The lowest BCUT2D eigenvalue weighted by Gasteiger charge is -2.13. The van der Waals surface area contributed by atoms with Crippen LogP contribution in [0.3, 0.4) is 0 Å². The molecule has 1 amide bonds. The van der Waals surface area contributed by atoms with E-state index >= 15 is 0 Å². The molecular formula is C13H18BrN5O. The number of nitrogens with zero attached hydrogens (tertiary/aromatic N) is 3. The van der Waals surface area contributed by atoms with Crippen LogP contribution in [0.1, 0.15) is 20.8 Å². The van der Waals surface area contributed by atoms with E-state index in [1.807, 2.05) is 18.3 Å². The summed E-state index contributed by atoms with van der Waals surface area (Å²) in [6.07, 6.45) is 1.81. The number of halogens is 1. The van der Waals surface area contributed by atoms with Gasteiger partial charge >= 0.3 is 0 Å². The van der Waals surface area contributed by atoms with E-state index in [9.17, 15) is 4.79 Å². The van der Waals surface area contributed by atoms with Gasteiger partial charge in [-0.3, -0.25) is 4.79 Å². The van der Waals surface area contributed by atoms with Crippen LogP contribution >= 0.6 is 15.9 Å². The number of carbonyl (C=O) groups is 1. The SMILES string of the molecule is CC(C)CNC(=O)C(C)Nc1nc2c(Br)cccn2n1. The van der Waals surface area contributed by atoms with Crippen LogP contribution in [0.4, 0.5) is 5.95 Å². The summed E-state index contributed by atoms with van der Waals surface area (Å²) in [5.74, 6) is 0.802. The molecule has 1 unspecified atom stereocenters. The zero-order chi connectivity index (χ0) is 14.7. The molecule has 2 heterocycles. The Labute approximate surface area is 126 Å². The van der Waals surface area contributed by atoms with Crippen molar-refractivity contribution in [3.05, 3.63) is 22.8 Å². The van der Waals surface area contributed by atoms with Crippen molar-refractivity contribution < 1.29 is 4.79 Å². The Morgan fingerprint density at radius 3 is 2.85 bits per heavy atom. The van der Waals surface area contributed by atoms with Gasteiger partial charge in [0.1, 0.15) is 6.04 Å². The van der Waals surface area contributed by atoms with Crippen LogP contribution in [0.15, 0.2) is 22.8 Å². The van der Waals surface area contributed by atoms with E-state index < -0.39 is 0 Å². The monoisotopic (exact) mass is 339 g/mol. The third kappa shape index (κ3) is 3.47. The van der Waals surface area contributed by atoms with Crippen molar-refractivity contribution in [2.24, 2.45) is 5.92 Å². The number of nitrogens with one attached hydrogen (secondary N) is 2. The summed E-state index contributed by atoms with van der Waals surface area (Å²) < 4.78 is 2.52. The van der Waals surface area contributed by atoms with Crippen molar-refractivity contribution in [1.29, 1.82) is 0 Å². The fourth-order valence-electron chi connectivity index (χ4n) is 1.65. The third-order valence-electron chi connectivity index (χ3n) is 2.74. The molecule has 0 saturated heterocycles. The van der Waals surface area contributed by atoms with E-state index in [0.717, 1.165) is 4.47 Å². The molecule has 0 aromatic carbocycles. The molecule has 6 nitrogen and oxygen atoms in total. The van der Waals surface area contributed by atoms with Gasteiger partial charge < -0.3 is 10.6 Å². The highest BCUT2D eigenvalue weighted by Gasteiger charge is 2.15. The van der Waals surface area contributed by atoms with Gasteiger partial charge in [0.2, 0.25) is 11.9 Å². The molecule has 1 atom stereocenters. The molecule has 2 aromatic rings. The number of pyridine rings is 1. The van der Waals surface area contributed by atoms with E-state index in [4.69, 9.17) is 0 Å². The van der Waals surface area contributed by atoms with Crippen LogP contribution < -0.4 is 10.6 Å². The number of fused-ring (bicyclic) bond motifs is 1. The molecule has 2 rings (SSSR count). The van der Waals surface area contributed by atoms with Crippen molar-refractivity contribution in [2.45, 2.75) is 26.8 Å². The average molecular weight is 340 g/mol. The molecule has 0 spiro atoms. The Morgan fingerprint density at radius 1 is 1.45 bits per heavy atom. The van der Waals surface area contributed by atoms with Crippen molar-refractivity contribution in [1.82, 2.24) is 19.9 Å². The molecule has 108 valence electrons. The largest absolute Gasteiger partial charge is 0.354 e. The van der Waals surface area contributed by atoms with Crippen molar-refractivity contribution >= 4 is 33.4 Å². The summed E-state index contributed by atoms with van der Waals surface area (Å²) in [6, 6.07) is 3.38. The molecule has 0 saturated carbocycles. The van der Waals surface area contributed by atoms with Gasteiger partial charge in [0.15, 0.2) is 5.65 Å². The predicted molar refractivity (Wildman–Crippen MR) is 81.6 cm³/mol. The first-order valence-electron chi connectivity index (χ1n) is 6.52. The highest BCUT2D eigenvalue weighted by atomic mass is 79.9. The van der Waals surface area contributed by atoms with Gasteiger partial charge in [-0.25, -0.2) is 4.52 Å². The highest BCUT2D eigenvalue weighted by molar-refractivity contribution is 9.10. The van der Waals surface area contributed by atoms with E-state index in [0.29, 0.717) is 24.1 Å². The summed E-state index contributed by atoms with van der Waals surface area (Å²) in [7, 11) is 0. The molecule has 0 aliphatic heterocycles. The Morgan fingerprint density at radius 2 is 2.20 bits per heavy atom. The minimum Gasteiger partial charge on any atom is -0.354 e. The van der Waals surface area contributed by atoms with Crippen molar-refractivity contribution in [2.75, 3.05) is 11.9 Å². The number of amides is 1. The molecular weight excluding hydrogens is 322 g/mol. The lowest BCUT2D eigenvalue weighted by atomic mass is 10.2. The lowest BCUT2D eigenvalue weighted by Crippen LogP contribution is -2.39. The molecule has 0 bridgehead atoms. The van der Waals surface area contributed by atoms with Gasteiger partial charge in [0.25, 0.3) is 0 Å². The summed E-state index contributed by atoms with van der Waals surface area (Å²) in [4.78, 5) is 16.2. The molecule has 2 aromatic heterocycles. The second-order valence-corrected chi connectivity index (χ2v) is 5.92. The van der Waals surface area contributed by atoms with Gasteiger partial charge in [-0.15, -0.1) is 5.10 Å². The summed E-state index contributed by atoms with van der Waals surface area (Å²) in [6.45, 7) is 6.56. The maximum Gasteiger partial charge on any atom is 0.243 e. The smallest absolute Gasteiger partial charge is 0.243 e. The van der Waals surface area contributed by atoms with Crippen molar-refractivity contribution in [3.63, 3.8) is 0 Å². The number of anilines is 1. The topological polar surface area (TPSA) is 71.3 Å². The molecule has 2 N–H and O–H groups in total. The maximum atomic E-state index is 11.9. The van der Waals surface area contributed by atoms with Crippen LogP contribution in [0, 0.1) is 5.92 Å². The minimum absolute atomic E-state index is 0.0587. The Hall–Kier alpha value is -1.63. The second kappa shape index (κ2) is 6.21. The maximum absolute atomic E-state index is 11.9. The van der Waals surface area contributed by atoms with Crippen molar-refractivity contribution in [3.8, 4) is 0 Å². The van der Waals surface area contributed by atoms with Crippen LogP contribution in [0.25, 0.3) is 5.65 Å². The normalized spacial score (nSPS) is 12.7. The van der Waals surface area contributed by atoms with Crippen LogP contribution in [-0.2, 0) is 4.79 Å². The fourth-order valence-corrected chi connectivity index (χ4v) is 2.07. The third-order valence-corrected chi connectivity index (χ3v) is 3.36. The Balaban J connectivity index is 2.04. The zero-order valence-electron chi connectivity index (χ0n) is 11.7. The van der Waals surface area contributed by atoms with Gasteiger partial charge in [-0.05, 0) is 40.9 Å². The number of hydrogen-bond donors (Lipinski definition) is 2. The van der Waals surface area contributed by atoms with Crippen LogP contribution in [0.2, 0.25) is 0 Å². The average Bonchev–Trinajstić information content (AvgIpc) is 2.79. The first-order chi connectivity index (χ1) is 9.47. The summed E-state index contributed by atoms with van der Waals surface area (Å²) in [5, 5.41) is 10.2. The lowest BCUT2D eigenvalue weighted by molar-refractivity contribution is -0.121. The standard InChI is InChI=1S/C13H18BrN5O/c1-8(2)7-15-12(20)9(3)16-13-17-11-10(14)5-4-6-19(11)18-13/h4-6,8-9H,7H2,1-3H3,(H,15,20)(H,16,18). The van der Waals surface area contributed by atoms with E-state index in [1.165, 1.54) is 0 Å². The first kappa shape index (κ1) is 14.8. The van der Waals surface area contributed by atoms with Gasteiger partial charge in [0, 0.05) is 12.7 Å². The first-order valence-corrected chi connectivity index (χ1v) is 7.32. The summed E-state index contributed by atoms with van der Waals surface area (Å²) in [5.41, 5.74) is 0.713. The Kier molecular flexibility index (Phi) is 4.59. The molecule has 0 aliphatic carbocycles. The fraction of sp³-hybridized carbons (Fsp3) is 0.462. The molecule has 7 heteroatoms. The number of carbonyl (C=O) groups excluding carboxylic acids is 1. The van der Waals surface area contributed by atoms with E-state index in [1.54, 1.807) is 11.4 Å². The molecule has 0 fully saturated rings.